The summed E-state index contributed by atoms with van der Waals surface area (Å²) in [6.07, 6.45) is -0.00915. The summed E-state index contributed by atoms with van der Waals surface area (Å²) in [7, 11) is 3.38. The third kappa shape index (κ3) is 4.79. The van der Waals surface area contributed by atoms with Crippen molar-refractivity contribution in [3.63, 3.8) is 0 Å². The number of nitrogens with zero attached hydrogens (tertiary/aromatic N) is 3. The molecule has 1 atom stereocenters. The zero-order valence-electron chi connectivity index (χ0n) is 19.5. The summed E-state index contributed by atoms with van der Waals surface area (Å²) >= 11 is 1.55. The number of methoxy groups -OCH3 is 1. The second kappa shape index (κ2) is 10.0. The van der Waals surface area contributed by atoms with Crippen LogP contribution in [-0.2, 0) is 16.6 Å². The zero-order chi connectivity index (χ0) is 24.2. The Kier molecular flexibility index (Phi) is 6.93. The van der Waals surface area contributed by atoms with Crippen LogP contribution in [0.4, 0.5) is 0 Å². The fraction of sp³-hybridized carbons (Fsp3) is 0.280. The molecule has 0 aliphatic carbocycles. The number of nitrogens with one attached hydrogen (secondary N) is 1. The van der Waals surface area contributed by atoms with Gasteiger partial charge in [-0.2, -0.15) is 5.10 Å². The molecule has 1 unspecified atom stereocenters. The van der Waals surface area contributed by atoms with Gasteiger partial charge in [0.2, 0.25) is 0 Å². The van der Waals surface area contributed by atoms with Gasteiger partial charge < -0.3 is 14.8 Å². The number of benzene rings is 1. The van der Waals surface area contributed by atoms with Crippen molar-refractivity contribution in [2.75, 3.05) is 13.7 Å². The molecule has 9 heteroatoms. The second-order valence-electron chi connectivity index (χ2n) is 7.75. The molecule has 0 spiro atoms. The number of carbonyl (C=O) groups excluding carboxylic acids is 2. The lowest BCUT2D eigenvalue weighted by atomic mass is 10.0. The van der Waals surface area contributed by atoms with Crippen LogP contribution in [0.2, 0.25) is 0 Å². The quantitative estimate of drug-likeness (QED) is 0.376. The minimum Gasteiger partial charge on any atom is -0.497 e. The maximum absolute atomic E-state index is 13.7. The van der Waals surface area contributed by atoms with E-state index >= 15 is 0 Å². The molecule has 0 fully saturated rings. The molecule has 3 aromatic heterocycles. The van der Waals surface area contributed by atoms with Crippen molar-refractivity contribution in [3.05, 3.63) is 64.7 Å². The predicted octanol–water partition coefficient (Wildman–Crippen LogP) is 4.44. The van der Waals surface area contributed by atoms with E-state index in [4.69, 9.17) is 14.5 Å². The first-order valence-corrected chi connectivity index (χ1v) is 11.8. The van der Waals surface area contributed by atoms with E-state index in [0.29, 0.717) is 33.7 Å². The van der Waals surface area contributed by atoms with E-state index in [-0.39, 0.29) is 18.9 Å². The van der Waals surface area contributed by atoms with Crippen LogP contribution in [-0.4, -0.2) is 40.4 Å². The summed E-state index contributed by atoms with van der Waals surface area (Å²) in [6, 6.07) is 12.4. The minimum absolute atomic E-state index is 0.00915. The molecule has 8 nitrogen and oxygen atoms in total. The lowest BCUT2D eigenvalue weighted by Gasteiger charge is -2.20. The van der Waals surface area contributed by atoms with Crippen molar-refractivity contribution in [3.8, 4) is 16.3 Å². The predicted molar refractivity (Wildman–Crippen MR) is 131 cm³/mol. The number of fused-ring (bicyclic) bond motifs is 1. The monoisotopic (exact) mass is 478 g/mol. The maximum Gasteiger partial charge on any atom is 0.308 e. The maximum atomic E-state index is 13.7. The van der Waals surface area contributed by atoms with E-state index in [1.807, 2.05) is 49.7 Å². The number of carbonyl (C=O) groups is 2. The summed E-state index contributed by atoms with van der Waals surface area (Å²) in [6.45, 7) is 3.87. The van der Waals surface area contributed by atoms with Gasteiger partial charge in [-0.3, -0.25) is 14.3 Å². The van der Waals surface area contributed by atoms with Gasteiger partial charge >= 0.3 is 5.97 Å². The van der Waals surface area contributed by atoms with E-state index in [0.717, 1.165) is 10.4 Å². The number of aromatic nitrogens is 3. The first kappa shape index (κ1) is 23.4. The number of hydrogen-bond donors (Lipinski definition) is 1. The SMILES string of the molecule is CCOC(=O)CC(NC(=O)c1cc(-c2cccs2)nc2c1c(C)nn2C)c1cccc(OC)c1. The van der Waals surface area contributed by atoms with Crippen LogP contribution < -0.4 is 10.1 Å². The highest BCUT2D eigenvalue weighted by Gasteiger charge is 2.24. The lowest BCUT2D eigenvalue weighted by Crippen LogP contribution is -2.31. The van der Waals surface area contributed by atoms with Gasteiger partial charge in [0.05, 0.1) is 53.4 Å². The number of esters is 1. The van der Waals surface area contributed by atoms with E-state index in [1.165, 1.54) is 0 Å². The molecule has 0 saturated carbocycles. The smallest absolute Gasteiger partial charge is 0.308 e. The summed E-state index contributed by atoms with van der Waals surface area (Å²) in [5.74, 6) is -0.0826. The number of pyridine rings is 1. The van der Waals surface area contributed by atoms with Gasteiger partial charge in [-0.05, 0) is 49.1 Å². The molecule has 1 aromatic carbocycles. The van der Waals surface area contributed by atoms with Gasteiger partial charge in [-0.25, -0.2) is 4.98 Å². The highest BCUT2D eigenvalue weighted by Crippen LogP contribution is 2.30. The van der Waals surface area contributed by atoms with Gasteiger partial charge in [0.15, 0.2) is 5.65 Å². The van der Waals surface area contributed by atoms with E-state index in [1.54, 1.807) is 42.2 Å². The molecule has 0 bridgehead atoms. The Labute approximate surface area is 201 Å². The average molecular weight is 479 g/mol. The van der Waals surface area contributed by atoms with Crippen molar-refractivity contribution in [2.45, 2.75) is 26.3 Å². The van der Waals surface area contributed by atoms with Gasteiger partial charge in [-0.15, -0.1) is 11.3 Å². The highest BCUT2D eigenvalue weighted by molar-refractivity contribution is 7.13. The molecule has 0 aliphatic rings. The summed E-state index contributed by atoms with van der Waals surface area (Å²) < 4.78 is 12.2. The molecule has 176 valence electrons. The van der Waals surface area contributed by atoms with Crippen molar-refractivity contribution >= 4 is 34.2 Å². The van der Waals surface area contributed by atoms with Crippen molar-refractivity contribution in [1.82, 2.24) is 20.1 Å². The normalized spacial score (nSPS) is 11.9. The number of ether oxygens (including phenoxy) is 2. The van der Waals surface area contributed by atoms with E-state index < -0.39 is 12.0 Å². The number of amides is 1. The fourth-order valence-corrected chi connectivity index (χ4v) is 4.59. The molecule has 0 saturated heterocycles. The first-order chi connectivity index (χ1) is 16.4. The van der Waals surface area contributed by atoms with Crippen LogP contribution in [0.3, 0.4) is 0 Å². The Bertz CT molecular complexity index is 1330. The lowest BCUT2D eigenvalue weighted by molar-refractivity contribution is -0.143. The summed E-state index contributed by atoms with van der Waals surface area (Å²) in [4.78, 5) is 31.7. The van der Waals surface area contributed by atoms with Crippen LogP contribution in [0, 0.1) is 6.92 Å². The van der Waals surface area contributed by atoms with Gasteiger partial charge in [-0.1, -0.05) is 18.2 Å². The molecular weight excluding hydrogens is 452 g/mol. The van der Waals surface area contributed by atoms with Crippen LogP contribution in [0.25, 0.3) is 21.6 Å². The molecule has 1 N–H and O–H groups in total. The Balaban J connectivity index is 1.76. The molecule has 1 amide bonds. The third-order valence-corrected chi connectivity index (χ3v) is 6.36. The molecule has 34 heavy (non-hydrogen) atoms. The molecular formula is C25H26N4O4S. The van der Waals surface area contributed by atoms with Crippen molar-refractivity contribution < 1.29 is 19.1 Å². The Morgan fingerprint density at radius 3 is 2.74 bits per heavy atom. The third-order valence-electron chi connectivity index (χ3n) is 5.46. The molecule has 0 radical (unpaired) electrons. The first-order valence-electron chi connectivity index (χ1n) is 10.9. The van der Waals surface area contributed by atoms with Crippen LogP contribution in [0.1, 0.15) is 41.0 Å². The Morgan fingerprint density at radius 2 is 2.03 bits per heavy atom. The highest BCUT2D eigenvalue weighted by atomic mass is 32.1. The Morgan fingerprint density at radius 1 is 1.21 bits per heavy atom. The van der Waals surface area contributed by atoms with E-state index in [9.17, 15) is 9.59 Å². The molecule has 4 aromatic rings. The standard InChI is InChI=1S/C25H26N4O4S/c1-5-33-22(30)14-19(16-8-6-9-17(12-16)32-4)27-25(31)18-13-20(21-10-7-11-34-21)26-24-23(18)15(2)28-29(24)3/h6-13,19H,5,14H2,1-4H3,(H,27,31). The molecule has 4 rings (SSSR count). The summed E-state index contributed by atoms with van der Waals surface area (Å²) in [5.41, 5.74) is 3.22. The average Bonchev–Trinajstić information content (AvgIpc) is 3.47. The van der Waals surface area contributed by atoms with Crippen molar-refractivity contribution in [2.24, 2.45) is 7.05 Å². The topological polar surface area (TPSA) is 95.3 Å². The number of hydrogen-bond acceptors (Lipinski definition) is 7. The van der Waals surface area contributed by atoms with Crippen LogP contribution in [0.5, 0.6) is 5.75 Å². The largest absolute Gasteiger partial charge is 0.497 e. The van der Waals surface area contributed by atoms with Gasteiger partial charge in [0, 0.05) is 7.05 Å². The molecule has 3 heterocycles. The number of thiophene rings is 1. The van der Waals surface area contributed by atoms with Gasteiger partial charge in [0.1, 0.15) is 5.75 Å². The summed E-state index contributed by atoms with van der Waals surface area (Å²) in [5, 5.41) is 10.2. The van der Waals surface area contributed by atoms with Crippen molar-refractivity contribution in [1.29, 1.82) is 0 Å². The Hall–Kier alpha value is -3.72. The minimum atomic E-state index is -0.605. The zero-order valence-corrected chi connectivity index (χ0v) is 20.3. The van der Waals surface area contributed by atoms with Crippen LogP contribution in [0.15, 0.2) is 47.8 Å². The number of aryl methyl sites for hydroxylation is 2. The molecule has 0 aliphatic heterocycles. The van der Waals surface area contributed by atoms with Gasteiger partial charge in [0.25, 0.3) is 5.91 Å². The fourth-order valence-electron chi connectivity index (χ4n) is 3.91. The second-order valence-corrected chi connectivity index (χ2v) is 8.70. The number of rotatable bonds is 8. The van der Waals surface area contributed by atoms with Crippen LogP contribution >= 0.6 is 11.3 Å². The van der Waals surface area contributed by atoms with E-state index in [2.05, 4.69) is 10.4 Å².